The first-order valence-electron chi connectivity index (χ1n) is 7.25. The highest BCUT2D eigenvalue weighted by molar-refractivity contribution is 5.26. The standard InChI is InChI=1S/C16H26N2O/c1-4-17-9-11-18(12-10-17)13-14-5-7-15(8-6-14)16(2,3)19/h5-8,19H,4,9-13H2,1-3H3. The van der Waals surface area contributed by atoms with E-state index in [0.29, 0.717) is 0 Å². The summed E-state index contributed by atoms with van der Waals surface area (Å²) in [5, 5.41) is 9.94. The summed E-state index contributed by atoms with van der Waals surface area (Å²) >= 11 is 0. The van der Waals surface area contributed by atoms with Gasteiger partial charge >= 0.3 is 0 Å². The van der Waals surface area contributed by atoms with Crippen LogP contribution in [0.4, 0.5) is 0 Å². The van der Waals surface area contributed by atoms with Crippen molar-refractivity contribution in [2.24, 2.45) is 0 Å². The molecule has 1 heterocycles. The van der Waals surface area contributed by atoms with Crippen LogP contribution in [0.1, 0.15) is 31.9 Å². The number of aliphatic hydroxyl groups is 1. The summed E-state index contributed by atoms with van der Waals surface area (Å²) in [6.07, 6.45) is 0. The minimum atomic E-state index is -0.745. The zero-order valence-corrected chi connectivity index (χ0v) is 12.4. The van der Waals surface area contributed by atoms with Crippen molar-refractivity contribution in [2.45, 2.75) is 32.9 Å². The normalized spacial score (nSPS) is 18.7. The van der Waals surface area contributed by atoms with Crippen LogP contribution < -0.4 is 0 Å². The number of rotatable bonds is 4. The van der Waals surface area contributed by atoms with Crippen molar-refractivity contribution in [1.29, 1.82) is 0 Å². The number of nitrogens with zero attached hydrogens (tertiary/aromatic N) is 2. The molecule has 106 valence electrons. The lowest BCUT2D eigenvalue weighted by atomic mass is 9.97. The Bertz CT molecular complexity index is 386. The lowest BCUT2D eigenvalue weighted by Gasteiger charge is -2.34. The number of benzene rings is 1. The average Bonchev–Trinajstić information content (AvgIpc) is 2.39. The molecule has 0 aromatic heterocycles. The van der Waals surface area contributed by atoms with E-state index in [2.05, 4.69) is 28.9 Å². The highest BCUT2D eigenvalue weighted by Crippen LogP contribution is 2.20. The number of hydrogen-bond acceptors (Lipinski definition) is 3. The fourth-order valence-electron chi connectivity index (χ4n) is 2.54. The third kappa shape index (κ3) is 4.03. The van der Waals surface area contributed by atoms with Crippen LogP contribution in [0.3, 0.4) is 0 Å². The summed E-state index contributed by atoms with van der Waals surface area (Å²) in [5.41, 5.74) is 1.57. The molecule has 0 amide bonds. The van der Waals surface area contributed by atoms with Gasteiger partial charge in [-0.1, -0.05) is 31.2 Å². The van der Waals surface area contributed by atoms with Gasteiger partial charge in [-0.15, -0.1) is 0 Å². The second-order valence-corrected chi connectivity index (χ2v) is 5.97. The van der Waals surface area contributed by atoms with E-state index in [4.69, 9.17) is 0 Å². The molecule has 0 radical (unpaired) electrons. The van der Waals surface area contributed by atoms with E-state index in [1.54, 1.807) is 0 Å². The molecule has 1 fully saturated rings. The molecular formula is C16H26N2O. The Morgan fingerprint density at radius 1 is 1.00 bits per heavy atom. The van der Waals surface area contributed by atoms with Gasteiger partial charge in [-0.05, 0) is 31.5 Å². The predicted molar refractivity (Wildman–Crippen MR) is 79.1 cm³/mol. The summed E-state index contributed by atoms with van der Waals surface area (Å²) < 4.78 is 0. The second kappa shape index (κ2) is 6.04. The summed E-state index contributed by atoms with van der Waals surface area (Å²) in [7, 11) is 0. The van der Waals surface area contributed by atoms with E-state index in [-0.39, 0.29) is 0 Å². The van der Waals surface area contributed by atoms with Crippen LogP contribution >= 0.6 is 0 Å². The molecule has 0 unspecified atom stereocenters. The molecule has 1 aliphatic heterocycles. The predicted octanol–water partition coefficient (Wildman–Crippen LogP) is 2.05. The SMILES string of the molecule is CCN1CCN(Cc2ccc(C(C)(C)O)cc2)CC1. The molecule has 3 heteroatoms. The Kier molecular flexibility index (Phi) is 4.61. The van der Waals surface area contributed by atoms with E-state index >= 15 is 0 Å². The molecule has 0 bridgehead atoms. The van der Waals surface area contributed by atoms with Crippen LogP contribution in [-0.2, 0) is 12.1 Å². The minimum absolute atomic E-state index is 0.745. The van der Waals surface area contributed by atoms with Crippen molar-refractivity contribution < 1.29 is 5.11 Å². The van der Waals surface area contributed by atoms with Crippen LogP contribution in [0.25, 0.3) is 0 Å². The van der Waals surface area contributed by atoms with E-state index in [9.17, 15) is 5.11 Å². The van der Waals surface area contributed by atoms with Gasteiger partial charge in [0, 0.05) is 32.7 Å². The maximum atomic E-state index is 9.94. The van der Waals surface area contributed by atoms with Gasteiger partial charge in [-0.3, -0.25) is 4.90 Å². The molecular weight excluding hydrogens is 236 g/mol. The third-order valence-corrected chi connectivity index (χ3v) is 3.98. The smallest absolute Gasteiger partial charge is 0.0840 e. The lowest BCUT2D eigenvalue weighted by molar-refractivity contribution is 0.0785. The van der Waals surface area contributed by atoms with Crippen LogP contribution in [-0.4, -0.2) is 47.6 Å². The fraction of sp³-hybridized carbons (Fsp3) is 0.625. The van der Waals surface area contributed by atoms with Gasteiger partial charge < -0.3 is 10.0 Å². The Morgan fingerprint density at radius 3 is 2.00 bits per heavy atom. The van der Waals surface area contributed by atoms with Gasteiger partial charge in [0.2, 0.25) is 0 Å². The van der Waals surface area contributed by atoms with Gasteiger partial charge in [-0.2, -0.15) is 0 Å². The number of likely N-dealkylation sites (N-methyl/N-ethyl adjacent to an activating group) is 1. The maximum absolute atomic E-state index is 9.94. The van der Waals surface area contributed by atoms with Crippen LogP contribution in [0.2, 0.25) is 0 Å². The molecule has 1 N–H and O–H groups in total. The molecule has 1 aromatic rings. The Balaban J connectivity index is 1.90. The fourth-order valence-corrected chi connectivity index (χ4v) is 2.54. The molecule has 1 aromatic carbocycles. The van der Waals surface area contributed by atoms with Gasteiger partial charge in [0.15, 0.2) is 0 Å². The van der Waals surface area contributed by atoms with Gasteiger partial charge in [0.05, 0.1) is 5.60 Å². The monoisotopic (exact) mass is 262 g/mol. The van der Waals surface area contributed by atoms with Crippen molar-refractivity contribution >= 4 is 0 Å². The van der Waals surface area contributed by atoms with E-state index in [0.717, 1.165) is 31.7 Å². The van der Waals surface area contributed by atoms with Gasteiger partial charge in [0.1, 0.15) is 0 Å². The quantitative estimate of drug-likeness (QED) is 0.899. The van der Waals surface area contributed by atoms with Crippen molar-refractivity contribution in [3.63, 3.8) is 0 Å². The molecule has 0 aliphatic carbocycles. The van der Waals surface area contributed by atoms with Crippen LogP contribution in [0, 0.1) is 0 Å². The molecule has 19 heavy (non-hydrogen) atoms. The topological polar surface area (TPSA) is 26.7 Å². The first-order chi connectivity index (χ1) is 8.99. The zero-order valence-electron chi connectivity index (χ0n) is 12.4. The van der Waals surface area contributed by atoms with Crippen molar-refractivity contribution in [1.82, 2.24) is 9.80 Å². The molecule has 1 saturated heterocycles. The Morgan fingerprint density at radius 2 is 1.53 bits per heavy atom. The number of piperazine rings is 1. The molecule has 2 rings (SSSR count). The van der Waals surface area contributed by atoms with Crippen molar-refractivity contribution in [2.75, 3.05) is 32.7 Å². The largest absolute Gasteiger partial charge is 0.386 e. The maximum Gasteiger partial charge on any atom is 0.0840 e. The second-order valence-electron chi connectivity index (χ2n) is 5.97. The molecule has 1 aliphatic rings. The Labute approximate surface area is 116 Å². The molecule has 0 saturated carbocycles. The first-order valence-corrected chi connectivity index (χ1v) is 7.25. The minimum Gasteiger partial charge on any atom is -0.386 e. The van der Waals surface area contributed by atoms with Crippen molar-refractivity contribution in [3.8, 4) is 0 Å². The van der Waals surface area contributed by atoms with Crippen LogP contribution in [0.5, 0.6) is 0 Å². The van der Waals surface area contributed by atoms with E-state index < -0.39 is 5.60 Å². The summed E-state index contributed by atoms with van der Waals surface area (Å²) in [6, 6.07) is 8.36. The van der Waals surface area contributed by atoms with E-state index in [1.807, 2.05) is 26.0 Å². The van der Waals surface area contributed by atoms with Crippen molar-refractivity contribution in [3.05, 3.63) is 35.4 Å². The summed E-state index contributed by atoms with van der Waals surface area (Å²) in [4.78, 5) is 5.00. The van der Waals surface area contributed by atoms with Crippen LogP contribution in [0.15, 0.2) is 24.3 Å². The highest BCUT2D eigenvalue weighted by Gasteiger charge is 2.17. The van der Waals surface area contributed by atoms with Gasteiger partial charge in [-0.25, -0.2) is 0 Å². The Hall–Kier alpha value is -0.900. The van der Waals surface area contributed by atoms with Gasteiger partial charge in [0.25, 0.3) is 0 Å². The summed E-state index contributed by atoms with van der Waals surface area (Å²) in [6.45, 7) is 12.7. The highest BCUT2D eigenvalue weighted by atomic mass is 16.3. The first kappa shape index (κ1) is 14.5. The number of hydrogen-bond donors (Lipinski definition) is 1. The average molecular weight is 262 g/mol. The zero-order chi connectivity index (χ0) is 13.9. The third-order valence-electron chi connectivity index (χ3n) is 3.98. The molecule has 0 atom stereocenters. The van der Waals surface area contributed by atoms with E-state index in [1.165, 1.54) is 18.7 Å². The molecule has 0 spiro atoms. The lowest BCUT2D eigenvalue weighted by Crippen LogP contribution is -2.45. The summed E-state index contributed by atoms with van der Waals surface area (Å²) in [5.74, 6) is 0. The molecule has 3 nitrogen and oxygen atoms in total.